The first-order valence-electron chi connectivity index (χ1n) is 17.9. The van der Waals surface area contributed by atoms with Gasteiger partial charge in [0.25, 0.3) is 0 Å². The molecule has 6 aromatic rings. The number of hydrogen-bond donors (Lipinski definition) is 2. The van der Waals surface area contributed by atoms with Crippen LogP contribution in [0.25, 0.3) is 16.8 Å². The van der Waals surface area contributed by atoms with E-state index < -0.39 is 35.0 Å². The van der Waals surface area contributed by atoms with Gasteiger partial charge in [0, 0.05) is 54.9 Å². The number of anilines is 2. The Bertz CT molecular complexity index is 2220. The normalized spacial score (nSPS) is 15.4. The maximum atomic E-state index is 16.2. The van der Waals surface area contributed by atoms with Crippen molar-refractivity contribution in [3.8, 4) is 16.8 Å². The summed E-state index contributed by atoms with van der Waals surface area (Å²) in [6, 6.07) is 23.3. The fraction of sp³-hybridized carbons (Fsp3) is 0.333. The van der Waals surface area contributed by atoms with Crippen LogP contribution in [0.5, 0.6) is 0 Å². The summed E-state index contributed by atoms with van der Waals surface area (Å²) in [6.45, 7) is 9.45. The Morgan fingerprint density at radius 2 is 1.46 bits per heavy atom. The third kappa shape index (κ3) is 6.86. The molecule has 1 aliphatic rings. The average Bonchev–Trinajstić information content (AvgIpc) is 3.84. The number of alkyl halides is 2. The molecule has 280 valence electrons. The molecule has 0 bridgehead atoms. The molecule has 2 N–H and O–H groups in total. The summed E-state index contributed by atoms with van der Waals surface area (Å²) >= 11 is 0. The predicted molar refractivity (Wildman–Crippen MR) is 198 cm³/mol. The van der Waals surface area contributed by atoms with Crippen molar-refractivity contribution in [3.05, 3.63) is 131 Å². The molecule has 2 atom stereocenters. The second-order valence-corrected chi connectivity index (χ2v) is 13.8. The lowest BCUT2D eigenvalue weighted by Crippen LogP contribution is -2.46. The zero-order valence-electron chi connectivity index (χ0n) is 30.1. The zero-order chi connectivity index (χ0) is 38.0. The topological polar surface area (TPSA) is 134 Å². The monoisotopic (exact) mass is 738 g/mol. The van der Waals surface area contributed by atoms with Gasteiger partial charge in [0.05, 0.1) is 18.2 Å². The molecule has 4 heterocycles. The van der Waals surface area contributed by atoms with E-state index in [0.717, 1.165) is 73.4 Å². The van der Waals surface area contributed by atoms with Gasteiger partial charge in [-0.2, -0.15) is 19.1 Å². The lowest BCUT2D eigenvalue weighted by atomic mass is 9.81. The van der Waals surface area contributed by atoms with Crippen molar-refractivity contribution >= 4 is 11.4 Å². The Labute approximate surface area is 309 Å². The summed E-state index contributed by atoms with van der Waals surface area (Å²) in [5, 5.41) is 28.8. The molecule has 0 saturated carbocycles. The summed E-state index contributed by atoms with van der Waals surface area (Å²) in [5.74, 6) is -4.94. The molecule has 1 saturated heterocycles. The lowest BCUT2D eigenvalue weighted by molar-refractivity contribution is -0.199. The van der Waals surface area contributed by atoms with Crippen molar-refractivity contribution in [2.75, 3.05) is 36.0 Å². The van der Waals surface area contributed by atoms with Gasteiger partial charge in [-0.1, -0.05) is 62.4 Å². The number of aromatic amines is 1. The number of tetrazole rings is 1. The highest BCUT2D eigenvalue weighted by atomic mass is 19.3. The molecule has 0 radical (unpaired) electrons. The number of halogens is 3. The number of aromatic nitrogens is 8. The van der Waals surface area contributed by atoms with E-state index in [1.165, 1.54) is 24.4 Å². The largest absolute Gasteiger partial charge is 0.378 e. The second kappa shape index (κ2) is 14.9. The van der Waals surface area contributed by atoms with Crippen LogP contribution in [0.1, 0.15) is 50.3 Å². The number of nitrogens with zero attached hydrogens (tertiary/aromatic N) is 9. The van der Waals surface area contributed by atoms with E-state index in [1.807, 2.05) is 48.5 Å². The highest BCUT2D eigenvalue weighted by molar-refractivity contribution is 5.66. The molecule has 54 heavy (non-hydrogen) atoms. The SMILES string of the molecule is CC[C@@H](C(C)C)n1ncn(-c2ccc(N3CCN(c4ccc(-c5ccc(C(F)(F)C(O)(Cc6nn[nH]n6)c6ccccc6F)nc5)cc4)CC3)cc2)c1=O. The van der Waals surface area contributed by atoms with Crippen molar-refractivity contribution in [1.29, 1.82) is 0 Å². The second-order valence-electron chi connectivity index (χ2n) is 13.8. The predicted octanol–water partition coefficient (Wildman–Crippen LogP) is 5.90. The molecule has 15 heteroatoms. The van der Waals surface area contributed by atoms with Crippen molar-refractivity contribution < 1.29 is 18.3 Å². The van der Waals surface area contributed by atoms with Gasteiger partial charge in [-0.25, -0.2) is 18.4 Å². The fourth-order valence-corrected chi connectivity index (χ4v) is 7.18. The number of hydrogen-bond acceptors (Lipinski definition) is 9. The summed E-state index contributed by atoms with van der Waals surface area (Å²) in [5.41, 5.74) is -0.280. The standard InChI is InChI=1S/C39H41F3N10O2/c1-4-34(26(2)3)52-37(53)51(25-44-52)31-16-14-30(15-17-31)50-21-19-49(20-22-50)29-12-9-27(10-13-29)28-11-18-35(43-24-28)39(41,42)38(54,23-36-45-47-48-46-36)32-7-5-6-8-33(32)40/h5-18,24-26,34,54H,4,19-23H2,1-3H3,(H,45,46,47,48)/t34-,38?/m0/s1. The molecule has 1 aliphatic heterocycles. The van der Waals surface area contributed by atoms with Crippen molar-refractivity contribution in [1.82, 2.24) is 40.0 Å². The zero-order valence-corrected chi connectivity index (χ0v) is 30.1. The maximum Gasteiger partial charge on any atom is 0.350 e. The Morgan fingerprint density at radius 3 is 2.02 bits per heavy atom. The van der Waals surface area contributed by atoms with Gasteiger partial charge >= 0.3 is 11.6 Å². The quantitative estimate of drug-likeness (QED) is 0.157. The molecule has 0 spiro atoms. The highest BCUT2D eigenvalue weighted by Crippen LogP contribution is 2.47. The molecular formula is C39H41F3N10O2. The Kier molecular flexibility index (Phi) is 10.1. The first kappa shape index (κ1) is 36.5. The lowest BCUT2D eigenvalue weighted by Gasteiger charge is -2.37. The van der Waals surface area contributed by atoms with Gasteiger partial charge in [0.1, 0.15) is 17.8 Å². The number of H-pyrrole nitrogens is 1. The number of aliphatic hydroxyl groups is 1. The molecule has 7 rings (SSSR count). The van der Waals surface area contributed by atoms with Crippen molar-refractivity contribution in [2.45, 2.75) is 51.2 Å². The summed E-state index contributed by atoms with van der Waals surface area (Å²) < 4.78 is 50.3. The van der Waals surface area contributed by atoms with E-state index in [-0.39, 0.29) is 17.6 Å². The van der Waals surface area contributed by atoms with Crippen molar-refractivity contribution in [3.63, 3.8) is 0 Å². The van der Waals surface area contributed by atoms with Crippen LogP contribution in [0.4, 0.5) is 24.5 Å². The number of nitrogens with one attached hydrogen (secondary N) is 1. The maximum absolute atomic E-state index is 16.2. The first-order chi connectivity index (χ1) is 26.0. The molecule has 1 unspecified atom stereocenters. The molecule has 3 aromatic heterocycles. The Hall–Kier alpha value is -5.83. The summed E-state index contributed by atoms with van der Waals surface area (Å²) in [7, 11) is 0. The van der Waals surface area contributed by atoms with Gasteiger partial charge in [0.2, 0.25) is 0 Å². The van der Waals surface area contributed by atoms with E-state index in [1.54, 1.807) is 15.6 Å². The van der Waals surface area contributed by atoms with Gasteiger partial charge in [-0.05, 0) is 66.4 Å². The first-order valence-corrected chi connectivity index (χ1v) is 17.9. The van der Waals surface area contributed by atoms with Crippen LogP contribution in [0.2, 0.25) is 0 Å². The van der Waals surface area contributed by atoms with E-state index in [4.69, 9.17) is 0 Å². The Morgan fingerprint density at radius 1 is 0.852 bits per heavy atom. The number of piperazine rings is 1. The van der Waals surface area contributed by atoms with Crippen LogP contribution >= 0.6 is 0 Å². The average molecular weight is 739 g/mol. The summed E-state index contributed by atoms with van der Waals surface area (Å²) in [4.78, 5) is 21.7. The number of rotatable bonds is 12. The van der Waals surface area contributed by atoms with Crippen LogP contribution in [-0.2, 0) is 17.9 Å². The van der Waals surface area contributed by atoms with Gasteiger partial charge in [-0.3, -0.25) is 4.98 Å². The fourth-order valence-electron chi connectivity index (χ4n) is 7.18. The molecule has 1 fully saturated rings. The third-order valence-electron chi connectivity index (χ3n) is 10.3. The van der Waals surface area contributed by atoms with E-state index in [0.29, 0.717) is 11.5 Å². The van der Waals surface area contributed by atoms with Gasteiger partial charge in [-0.15, -0.1) is 10.2 Å². The van der Waals surface area contributed by atoms with Crippen LogP contribution in [0.15, 0.2) is 102 Å². The Balaban J connectivity index is 1.000. The highest BCUT2D eigenvalue weighted by Gasteiger charge is 2.57. The molecular weight excluding hydrogens is 697 g/mol. The van der Waals surface area contributed by atoms with Crippen LogP contribution in [0.3, 0.4) is 0 Å². The van der Waals surface area contributed by atoms with E-state index in [9.17, 15) is 14.3 Å². The molecule has 3 aromatic carbocycles. The number of pyridine rings is 1. The minimum Gasteiger partial charge on any atom is -0.378 e. The minimum atomic E-state index is -4.03. The van der Waals surface area contributed by atoms with Gasteiger partial charge in [0.15, 0.2) is 11.4 Å². The molecule has 0 amide bonds. The van der Waals surface area contributed by atoms with Crippen LogP contribution in [-0.4, -0.2) is 71.2 Å². The smallest absolute Gasteiger partial charge is 0.350 e. The van der Waals surface area contributed by atoms with Gasteiger partial charge < -0.3 is 14.9 Å². The van der Waals surface area contributed by atoms with E-state index in [2.05, 4.69) is 61.3 Å². The van der Waals surface area contributed by atoms with Crippen molar-refractivity contribution in [2.24, 2.45) is 5.92 Å². The molecule has 0 aliphatic carbocycles. The summed E-state index contributed by atoms with van der Waals surface area (Å²) in [6.07, 6.45) is 2.93. The number of benzene rings is 3. The van der Waals surface area contributed by atoms with E-state index >= 15 is 8.78 Å². The molecule has 12 nitrogen and oxygen atoms in total. The van der Waals surface area contributed by atoms with Crippen LogP contribution in [0, 0.1) is 11.7 Å². The van der Waals surface area contributed by atoms with Crippen LogP contribution < -0.4 is 15.5 Å². The minimum absolute atomic E-state index is 0.0502. The third-order valence-corrected chi connectivity index (χ3v) is 10.3.